The van der Waals surface area contributed by atoms with Gasteiger partial charge in [0.05, 0.1) is 6.10 Å². The van der Waals surface area contributed by atoms with Gasteiger partial charge >= 0.3 is 0 Å². The third-order valence-electron chi connectivity index (χ3n) is 3.77. The van der Waals surface area contributed by atoms with E-state index in [0.29, 0.717) is 11.3 Å². The molecule has 1 aromatic carbocycles. The number of benzene rings is 1. The predicted molar refractivity (Wildman–Crippen MR) is 78.0 cm³/mol. The Morgan fingerprint density at radius 1 is 1.22 bits per heavy atom. The van der Waals surface area contributed by atoms with E-state index >= 15 is 0 Å². The lowest BCUT2D eigenvalue weighted by Gasteiger charge is -2.27. The van der Waals surface area contributed by atoms with Gasteiger partial charge in [0.15, 0.2) is 0 Å². The van der Waals surface area contributed by atoms with Crippen LogP contribution in [0.15, 0.2) is 29.2 Å². The molecule has 1 aliphatic rings. The summed E-state index contributed by atoms with van der Waals surface area (Å²) in [7, 11) is 1.98. The van der Waals surface area contributed by atoms with Gasteiger partial charge in [0.25, 0.3) is 0 Å². The highest BCUT2D eigenvalue weighted by Crippen LogP contribution is 2.34. The van der Waals surface area contributed by atoms with Crippen molar-refractivity contribution in [2.75, 3.05) is 7.05 Å². The number of nitrogens with one attached hydrogen (secondary N) is 1. The molecule has 2 nitrogen and oxygen atoms in total. The molecule has 3 atom stereocenters. The van der Waals surface area contributed by atoms with Gasteiger partial charge in [-0.1, -0.05) is 25.0 Å². The highest BCUT2D eigenvalue weighted by molar-refractivity contribution is 8.00. The zero-order valence-corrected chi connectivity index (χ0v) is 12.0. The first-order valence-electron chi connectivity index (χ1n) is 6.82. The normalized spacial score (nSPS) is 25.9. The predicted octanol–water partition coefficient (Wildman–Crippen LogP) is 3.36. The number of hydrogen-bond donors (Lipinski definition) is 2. The van der Waals surface area contributed by atoms with Crippen molar-refractivity contribution in [1.29, 1.82) is 0 Å². The molecule has 0 heterocycles. The second-order valence-corrected chi connectivity index (χ2v) is 6.40. The van der Waals surface area contributed by atoms with E-state index in [0.717, 1.165) is 12.8 Å². The minimum Gasteiger partial charge on any atom is -0.392 e. The number of aliphatic hydroxyl groups is 1. The van der Waals surface area contributed by atoms with Crippen LogP contribution in [0.3, 0.4) is 0 Å². The summed E-state index contributed by atoms with van der Waals surface area (Å²) < 4.78 is 0. The SMILES string of the molecule is CNC(C)c1ccc(SC2CCCCC2O)cc1. The van der Waals surface area contributed by atoms with E-state index in [1.54, 1.807) is 0 Å². The van der Waals surface area contributed by atoms with E-state index in [1.807, 2.05) is 18.8 Å². The van der Waals surface area contributed by atoms with Crippen molar-refractivity contribution in [2.45, 2.75) is 54.9 Å². The van der Waals surface area contributed by atoms with Crippen LogP contribution in [0.4, 0.5) is 0 Å². The summed E-state index contributed by atoms with van der Waals surface area (Å²) in [6.07, 6.45) is 4.41. The molecule has 0 spiro atoms. The van der Waals surface area contributed by atoms with Crippen LogP contribution in [-0.2, 0) is 0 Å². The van der Waals surface area contributed by atoms with Gasteiger partial charge in [-0.2, -0.15) is 0 Å². The molecule has 2 rings (SSSR count). The van der Waals surface area contributed by atoms with Crippen LogP contribution in [0.25, 0.3) is 0 Å². The van der Waals surface area contributed by atoms with Crippen molar-refractivity contribution in [1.82, 2.24) is 5.32 Å². The summed E-state index contributed by atoms with van der Waals surface area (Å²) in [4.78, 5) is 1.27. The molecule has 3 unspecified atom stereocenters. The lowest BCUT2D eigenvalue weighted by molar-refractivity contribution is 0.137. The second-order valence-electron chi connectivity index (χ2n) is 5.09. The average molecular weight is 265 g/mol. The first-order valence-corrected chi connectivity index (χ1v) is 7.70. The zero-order chi connectivity index (χ0) is 13.0. The lowest BCUT2D eigenvalue weighted by Crippen LogP contribution is -2.26. The molecule has 100 valence electrons. The highest BCUT2D eigenvalue weighted by atomic mass is 32.2. The molecule has 1 aromatic rings. The molecule has 1 aliphatic carbocycles. The van der Waals surface area contributed by atoms with Gasteiger partial charge in [-0.25, -0.2) is 0 Å². The van der Waals surface area contributed by atoms with Crippen LogP contribution in [0.2, 0.25) is 0 Å². The van der Waals surface area contributed by atoms with Crippen LogP contribution >= 0.6 is 11.8 Å². The Morgan fingerprint density at radius 2 is 1.89 bits per heavy atom. The van der Waals surface area contributed by atoms with Crippen LogP contribution in [0.1, 0.15) is 44.2 Å². The second kappa shape index (κ2) is 6.60. The van der Waals surface area contributed by atoms with Crippen LogP contribution in [0, 0.1) is 0 Å². The number of hydrogen-bond acceptors (Lipinski definition) is 3. The molecular formula is C15H23NOS. The molecule has 0 aromatic heterocycles. The van der Waals surface area contributed by atoms with Gasteiger partial charge in [0.1, 0.15) is 0 Å². The third kappa shape index (κ3) is 3.50. The quantitative estimate of drug-likeness (QED) is 0.875. The third-order valence-corrected chi connectivity index (χ3v) is 5.17. The Kier molecular flexibility index (Phi) is 5.10. The summed E-state index contributed by atoms with van der Waals surface area (Å²) in [5.74, 6) is 0. The maximum Gasteiger partial charge on any atom is 0.0662 e. The van der Waals surface area contributed by atoms with Crippen molar-refractivity contribution in [3.05, 3.63) is 29.8 Å². The van der Waals surface area contributed by atoms with E-state index in [9.17, 15) is 5.11 Å². The summed E-state index contributed by atoms with van der Waals surface area (Å²) in [5.41, 5.74) is 1.31. The first kappa shape index (κ1) is 13.9. The van der Waals surface area contributed by atoms with Crippen molar-refractivity contribution in [2.24, 2.45) is 0 Å². The highest BCUT2D eigenvalue weighted by Gasteiger charge is 2.23. The molecule has 1 saturated carbocycles. The molecular weight excluding hydrogens is 242 g/mol. The number of thioether (sulfide) groups is 1. The van der Waals surface area contributed by atoms with Crippen LogP contribution in [0.5, 0.6) is 0 Å². The largest absolute Gasteiger partial charge is 0.392 e. The first-order chi connectivity index (χ1) is 8.70. The van der Waals surface area contributed by atoms with Crippen molar-refractivity contribution < 1.29 is 5.11 Å². The summed E-state index contributed by atoms with van der Waals surface area (Å²) >= 11 is 1.83. The Hall–Kier alpha value is -0.510. The minimum absolute atomic E-state index is 0.125. The summed E-state index contributed by atoms with van der Waals surface area (Å²) in [6, 6.07) is 9.10. The van der Waals surface area contributed by atoms with Crippen molar-refractivity contribution >= 4 is 11.8 Å². The monoisotopic (exact) mass is 265 g/mol. The van der Waals surface area contributed by atoms with Crippen molar-refractivity contribution in [3.8, 4) is 0 Å². The Labute approximate surface area is 114 Å². The Bertz CT molecular complexity index is 365. The standard InChI is InChI=1S/C15H23NOS/c1-11(16-2)12-7-9-13(10-8-12)18-15-6-4-3-5-14(15)17/h7-11,14-17H,3-6H2,1-2H3. The van der Waals surface area contributed by atoms with E-state index in [1.165, 1.54) is 23.3 Å². The summed E-state index contributed by atoms with van der Waals surface area (Å²) in [5, 5.41) is 13.6. The van der Waals surface area contributed by atoms with E-state index in [2.05, 4.69) is 36.5 Å². The average Bonchev–Trinajstić information content (AvgIpc) is 2.41. The van der Waals surface area contributed by atoms with Gasteiger partial charge in [0, 0.05) is 16.2 Å². The van der Waals surface area contributed by atoms with E-state index < -0.39 is 0 Å². The van der Waals surface area contributed by atoms with Gasteiger partial charge in [0.2, 0.25) is 0 Å². The molecule has 1 fully saturated rings. The summed E-state index contributed by atoms with van der Waals surface area (Å²) in [6.45, 7) is 2.16. The molecule has 0 aliphatic heterocycles. The van der Waals surface area contributed by atoms with Gasteiger partial charge in [-0.3, -0.25) is 0 Å². The van der Waals surface area contributed by atoms with Gasteiger partial charge in [-0.05, 0) is 44.5 Å². The molecule has 0 radical (unpaired) electrons. The van der Waals surface area contributed by atoms with Crippen LogP contribution < -0.4 is 5.32 Å². The van der Waals surface area contributed by atoms with Gasteiger partial charge < -0.3 is 10.4 Å². The number of rotatable bonds is 4. The Morgan fingerprint density at radius 3 is 2.50 bits per heavy atom. The maximum absolute atomic E-state index is 9.98. The fourth-order valence-corrected chi connectivity index (χ4v) is 3.61. The smallest absolute Gasteiger partial charge is 0.0662 e. The number of aliphatic hydroxyl groups excluding tert-OH is 1. The Balaban J connectivity index is 1.97. The molecule has 18 heavy (non-hydrogen) atoms. The maximum atomic E-state index is 9.98. The lowest BCUT2D eigenvalue weighted by atomic mass is 9.97. The van der Waals surface area contributed by atoms with E-state index in [-0.39, 0.29) is 6.10 Å². The fraction of sp³-hybridized carbons (Fsp3) is 0.600. The van der Waals surface area contributed by atoms with Crippen LogP contribution in [-0.4, -0.2) is 23.5 Å². The zero-order valence-electron chi connectivity index (χ0n) is 11.2. The topological polar surface area (TPSA) is 32.3 Å². The minimum atomic E-state index is -0.125. The molecule has 0 amide bonds. The molecule has 3 heteroatoms. The molecule has 0 saturated heterocycles. The van der Waals surface area contributed by atoms with Crippen molar-refractivity contribution in [3.63, 3.8) is 0 Å². The molecule has 2 N–H and O–H groups in total. The molecule has 0 bridgehead atoms. The fourth-order valence-electron chi connectivity index (χ4n) is 2.39. The van der Waals surface area contributed by atoms with Gasteiger partial charge in [-0.15, -0.1) is 11.8 Å². The van der Waals surface area contributed by atoms with E-state index in [4.69, 9.17) is 0 Å².